The molecule has 2 aliphatic rings. The lowest BCUT2D eigenvalue weighted by molar-refractivity contribution is -0.313. The summed E-state index contributed by atoms with van der Waals surface area (Å²) in [7, 11) is 0. The molecule has 5 heteroatoms. The van der Waals surface area contributed by atoms with Gasteiger partial charge in [-0.2, -0.15) is 0 Å². The minimum atomic E-state index is -1.16. The zero-order valence-corrected chi connectivity index (χ0v) is 11.3. The highest BCUT2D eigenvalue weighted by Gasteiger charge is 2.48. The molecule has 0 radical (unpaired) electrons. The van der Waals surface area contributed by atoms with Crippen molar-refractivity contribution < 1.29 is 19.1 Å². The van der Waals surface area contributed by atoms with Gasteiger partial charge in [0.25, 0.3) is 0 Å². The van der Waals surface area contributed by atoms with E-state index in [0.29, 0.717) is 6.42 Å². The van der Waals surface area contributed by atoms with Crippen molar-refractivity contribution in [3.8, 4) is 0 Å². The van der Waals surface area contributed by atoms with Crippen molar-refractivity contribution in [1.29, 1.82) is 0 Å². The Kier molecular flexibility index (Phi) is 3.49. The highest BCUT2D eigenvalue weighted by molar-refractivity contribution is 5.86. The van der Waals surface area contributed by atoms with Gasteiger partial charge in [-0.25, -0.2) is 4.39 Å². The summed E-state index contributed by atoms with van der Waals surface area (Å²) in [6, 6.07) is 5.83. The zero-order valence-electron chi connectivity index (χ0n) is 11.3. The fourth-order valence-corrected chi connectivity index (χ4v) is 3.41. The van der Waals surface area contributed by atoms with Gasteiger partial charge in [0.05, 0.1) is 5.92 Å². The van der Waals surface area contributed by atoms with Crippen LogP contribution in [0.25, 0.3) is 0 Å². The lowest BCUT2D eigenvalue weighted by Crippen LogP contribution is -2.44. The summed E-state index contributed by atoms with van der Waals surface area (Å²) < 4.78 is 12.8. The van der Waals surface area contributed by atoms with E-state index in [9.17, 15) is 19.1 Å². The third-order valence-electron chi connectivity index (χ3n) is 4.41. The van der Waals surface area contributed by atoms with E-state index in [0.717, 1.165) is 5.56 Å². The molecule has 1 aromatic rings. The fourth-order valence-electron chi connectivity index (χ4n) is 3.41. The molecule has 0 heterocycles. The number of hydrogen-bond acceptors (Lipinski definition) is 3. The molecule has 0 aliphatic heterocycles. The topological polar surface area (TPSA) is 69.2 Å². The van der Waals surface area contributed by atoms with E-state index < -0.39 is 17.8 Å². The Morgan fingerprint density at radius 1 is 1.14 bits per heavy atom. The minimum Gasteiger partial charge on any atom is -0.550 e. The van der Waals surface area contributed by atoms with Gasteiger partial charge in [0.2, 0.25) is 5.91 Å². The van der Waals surface area contributed by atoms with E-state index in [1.54, 1.807) is 12.1 Å². The molecule has 110 valence electrons. The van der Waals surface area contributed by atoms with Gasteiger partial charge in [0.15, 0.2) is 0 Å². The van der Waals surface area contributed by atoms with Crippen molar-refractivity contribution in [2.45, 2.75) is 13.0 Å². The van der Waals surface area contributed by atoms with Gasteiger partial charge in [0, 0.05) is 18.4 Å². The zero-order chi connectivity index (χ0) is 15.0. The van der Waals surface area contributed by atoms with Crippen LogP contribution in [0.15, 0.2) is 36.4 Å². The number of benzene rings is 1. The predicted molar refractivity (Wildman–Crippen MR) is 71.0 cm³/mol. The number of carbonyl (C=O) groups excluding carboxylic acids is 2. The number of amides is 1. The van der Waals surface area contributed by atoms with Crippen LogP contribution in [0.3, 0.4) is 0 Å². The first kappa shape index (κ1) is 13.8. The molecule has 3 rings (SSSR count). The highest BCUT2D eigenvalue weighted by atomic mass is 19.1. The first-order chi connectivity index (χ1) is 10.1. The number of nitrogens with one attached hydrogen (secondary N) is 1. The third-order valence-corrected chi connectivity index (χ3v) is 4.41. The number of fused-ring (bicyclic) bond motifs is 2. The maximum atomic E-state index is 12.8. The second-order valence-electron chi connectivity index (χ2n) is 5.66. The summed E-state index contributed by atoms with van der Waals surface area (Å²) in [6.45, 7) is 0.260. The van der Waals surface area contributed by atoms with Crippen molar-refractivity contribution in [2.75, 3.05) is 0 Å². The van der Waals surface area contributed by atoms with Crippen molar-refractivity contribution in [3.63, 3.8) is 0 Å². The van der Waals surface area contributed by atoms with Crippen LogP contribution in [-0.2, 0) is 16.1 Å². The molecule has 0 spiro atoms. The summed E-state index contributed by atoms with van der Waals surface area (Å²) in [5.41, 5.74) is 0.772. The Morgan fingerprint density at radius 3 is 2.38 bits per heavy atom. The monoisotopic (exact) mass is 288 g/mol. The van der Waals surface area contributed by atoms with Crippen LogP contribution in [0.2, 0.25) is 0 Å². The number of hydrogen-bond donors (Lipinski definition) is 1. The third kappa shape index (κ3) is 2.55. The summed E-state index contributed by atoms with van der Waals surface area (Å²) in [5, 5.41) is 14.0. The first-order valence-corrected chi connectivity index (χ1v) is 6.97. The quantitative estimate of drug-likeness (QED) is 0.826. The van der Waals surface area contributed by atoms with Crippen LogP contribution in [-0.4, -0.2) is 11.9 Å². The van der Waals surface area contributed by atoms with Gasteiger partial charge in [-0.1, -0.05) is 24.3 Å². The Hall–Kier alpha value is -2.17. The first-order valence-electron chi connectivity index (χ1n) is 6.97. The van der Waals surface area contributed by atoms with Gasteiger partial charge in [-0.15, -0.1) is 0 Å². The van der Waals surface area contributed by atoms with Crippen LogP contribution < -0.4 is 10.4 Å². The number of allylic oxidation sites excluding steroid dienone is 2. The average molecular weight is 288 g/mol. The standard InChI is InChI=1S/C16H16FNO3/c17-12-5-1-9(2-6-12)8-18-15(19)13-10-3-4-11(7-10)14(13)16(20)21/h1-6,10-11,13-14H,7-8H2,(H,18,19)(H,20,21)/p-1/t10-,11+,13+,14+/m1/s1. The molecule has 0 saturated heterocycles. The van der Waals surface area contributed by atoms with Gasteiger partial charge in [0.1, 0.15) is 5.82 Å². The van der Waals surface area contributed by atoms with E-state index in [4.69, 9.17) is 0 Å². The van der Waals surface area contributed by atoms with Crippen LogP contribution in [0, 0.1) is 29.5 Å². The van der Waals surface area contributed by atoms with E-state index in [2.05, 4.69) is 5.32 Å². The Bertz CT molecular complexity index is 596. The molecule has 1 N–H and O–H groups in total. The lowest BCUT2D eigenvalue weighted by Gasteiger charge is -2.27. The number of carboxylic acid groups (broad SMARTS) is 1. The summed E-state index contributed by atoms with van der Waals surface area (Å²) >= 11 is 0. The number of rotatable bonds is 4. The molecule has 0 aromatic heterocycles. The van der Waals surface area contributed by atoms with E-state index in [1.165, 1.54) is 12.1 Å². The number of aliphatic carboxylic acids is 1. The molecule has 4 nitrogen and oxygen atoms in total. The van der Waals surface area contributed by atoms with Crippen molar-refractivity contribution in [2.24, 2.45) is 23.7 Å². The summed E-state index contributed by atoms with van der Waals surface area (Å²) in [5.74, 6) is -3.19. The van der Waals surface area contributed by atoms with Gasteiger partial charge < -0.3 is 15.2 Å². The van der Waals surface area contributed by atoms with Gasteiger partial charge >= 0.3 is 0 Å². The molecule has 2 aliphatic carbocycles. The van der Waals surface area contributed by atoms with Gasteiger partial charge in [-0.05, 0) is 36.0 Å². The van der Waals surface area contributed by atoms with Crippen molar-refractivity contribution in [1.82, 2.24) is 5.32 Å². The van der Waals surface area contributed by atoms with Crippen LogP contribution in [0.5, 0.6) is 0 Å². The maximum Gasteiger partial charge on any atom is 0.224 e. The molecular formula is C16H15FNO3-. The van der Waals surface area contributed by atoms with Crippen molar-refractivity contribution >= 4 is 11.9 Å². The second-order valence-corrected chi connectivity index (χ2v) is 5.66. The summed E-state index contributed by atoms with van der Waals surface area (Å²) in [6.07, 6.45) is 4.49. The Labute approximate surface area is 121 Å². The Balaban J connectivity index is 1.66. The molecule has 0 unspecified atom stereocenters. The molecule has 4 atom stereocenters. The molecular weight excluding hydrogens is 273 g/mol. The SMILES string of the molecule is O=C(NCc1ccc(F)cc1)[C@@H]1[C@@H](C(=O)[O-])[C@H]2C=C[C@@H]1C2. The van der Waals surface area contributed by atoms with E-state index in [1.807, 2.05) is 12.2 Å². The van der Waals surface area contributed by atoms with E-state index in [-0.39, 0.29) is 30.1 Å². The Morgan fingerprint density at radius 2 is 1.76 bits per heavy atom. The molecule has 1 amide bonds. The van der Waals surface area contributed by atoms with Crippen molar-refractivity contribution in [3.05, 3.63) is 47.8 Å². The molecule has 1 aromatic carbocycles. The van der Waals surface area contributed by atoms with Gasteiger partial charge in [-0.3, -0.25) is 4.79 Å². The highest BCUT2D eigenvalue weighted by Crippen LogP contribution is 2.47. The normalized spacial score (nSPS) is 29.6. The van der Waals surface area contributed by atoms with Crippen LogP contribution >= 0.6 is 0 Å². The smallest absolute Gasteiger partial charge is 0.224 e. The summed E-state index contributed by atoms with van der Waals surface area (Å²) in [4.78, 5) is 23.5. The van der Waals surface area contributed by atoms with Crippen LogP contribution in [0.1, 0.15) is 12.0 Å². The minimum absolute atomic E-state index is 0.0221. The average Bonchev–Trinajstić information content (AvgIpc) is 3.06. The van der Waals surface area contributed by atoms with Crippen LogP contribution in [0.4, 0.5) is 4.39 Å². The number of carboxylic acids is 1. The van der Waals surface area contributed by atoms with E-state index >= 15 is 0 Å². The molecule has 1 saturated carbocycles. The number of halogens is 1. The lowest BCUT2D eigenvalue weighted by atomic mass is 9.82. The molecule has 21 heavy (non-hydrogen) atoms. The number of carbonyl (C=O) groups is 2. The molecule has 1 fully saturated rings. The predicted octanol–water partition coefficient (Wildman–Crippen LogP) is 0.630. The molecule has 2 bridgehead atoms. The largest absolute Gasteiger partial charge is 0.550 e. The second kappa shape index (κ2) is 5.31. The fraction of sp³-hybridized carbons (Fsp3) is 0.375. The maximum absolute atomic E-state index is 12.8.